The first kappa shape index (κ1) is 16.5. The lowest BCUT2D eigenvalue weighted by Crippen LogP contribution is -2.39. The second kappa shape index (κ2) is 7.50. The van der Waals surface area contributed by atoms with Crippen LogP contribution in [0.4, 0.5) is 0 Å². The number of tetrazole rings is 1. The third kappa shape index (κ3) is 3.77. The molecule has 0 bridgehead atoms. The van der Waals surface area contributed by atoms with Crippen LogP contribution in [-0.4, -0.2) is 57.0 Å². The summed E-state index contributed by atoms with van der Waals surface area (Å²) in [4.78, 5) is 12.7. The molecule has 8 heteroatoms. The van der Waals surface area contributed by atoms with Gasteiger partial charge in [0.05, 0.1) is 6.10 Å². The van der Waals surface area contributed by atoms with Crippen LogP contribution >= 0.6 is 0 Å². The molecule has 3 N–H and O–H groups in total. The summed E-state index contributed by atoms with van der Waals surface area (Å²) < 4.78 is 1.55. The molecule has 8 nitrogen and oxygen atoms in total. The normalized spacial score (nSPS) is 21.6. The summed E-state index contributed by atoms with van der Waals surface area (Å²) >= 11 is 0. The van der Waals surface area contributed by atoms with Crippen molar-refractivity contribution in [1.82, 2.24) is 30.8 Å². The van der Waals surface area contributed by atoms with E-state index in [4.69, 9.17) is 0 Å². The number of β-amino-alcohol motifs (C(OH)–C–C–N with tert-alkyl or cyclic N) is 1. The number of hydrogen-bond acceptors (Lipinski definition) is 6. The summed E-state index contributed by atoms with van der Waals surface area (Å²) in [5.41, 5.74) is 1.04. The van der Waals surface area contributed by atoms with Gasteiger partial charge in [-0.25, -0.2) is 4.68 Å². The zero-order valence-corrected chi connectivity index (χ0v) is 13.6. The maximum absolute atomic E-state index is 12.7. The van der Waals surface area contributed by atoms with E-state index >= 15 is 0 Å². The first-order valence-electron chi connectivity index (χ1n) is 8.10. The maximum atomic E-state index is 12.7. The summed E-state index contributed by atoms with van der Waals surface area (Å²) in [6.07, 6.45) is 0.0805. The Hall–Kier alpha value is -2.32. The van der Waals surface area contributed by atoms with Crippen LogP contribution in [0.3, 0.4) is 0 Å². The van der Waals surface area contributed by atoms with Crippen molar-refractivity contribution in [2.24, 2.45) is 5.92 Å². The molecule has 1 fully saturated rings. The van der Waals surface area contributed by atoms with E-state index in [2.05, 4.69) is 26.2 Å². The summed E-state index contributed by atoms with van der Waals surface area (Å²) in [6.45, 7) is 3.48. The molecule has 1 amide bonds. The number of nitrogens with zero attached hydrogens (tertiary/aromatic N) is 4. The summed E-state index contributed by atoms with van der Waals surface area (Å²) in [5, 5.41) is 27.4. The Morgan fingerprint density at radius 2 is 2.21 bits per heavy atom. The second-order valence-corrected chi connectivity index (χ2v) is 6.11. The van der Waals surface area contributed by atoms with Crippen molar-refractivity contribution in [3.63, 3.8) is 0 Å². The lowest BCUT2D eigenvalue weighted by molar-refractivity contribution is -0.125. The SMILES string of the molecule is Cc1nnnn1C(Cc1ccccc1)C(=O)NCC1CNCC1O. The standard InChI is InChI=1S/C16H22N6O2/c1-11-19-20-21-22(11)14(7-12-5-3-2-4-6-12)16(24)18-9-13-8-17-10-15(13)23/h2-6,13-15,17,23H,7-10H2,1H3,(H,18,24). The minimum Gasteiger partial charge on any atom is -0.391 e. The average Bonchev–Trinajstić information content (AvgIpc) is 3.19. The molecular weight excluding hydrogens is 308 g/mol. The fraction of sp³-hybridized carbons (Fsp3) is 0.500. The van der Waals surface area contributed by atoms with Crippen molar-refractivity contribution in [3.05, 3.63) is 41.7 Å². The van der Waals surface area contributed by atoms with Crippen LogP contribution in [0.25, 0.3) is 0 Å². The molecule has 3 rings (SSSR count). The van der Waals surface area contributed by atoms with Crippen molar-refractivity contribution in [1.29, 1.82) is 0 Å². The summed E-state index contributed by atoms with van der Waals surface area (Å²) in [6, 6.07) is 9.26. The molecular formula is C16H22N6O2. The number of carbonyl (C=O) groups is 1. The molecule has 2 heterocycles. The molecule has 3 unspecified atom stereocenters. The van der Waals surface area contributed by atoms with E-state index in [1.165, 1.54) is 0 Å². The van der Waals surface area contributed by atoms with E-state index in [0.717, 1.165) is 5.56 Å². The van der Waals surface area contributed by atoms with Crippen LogP contribution in [0.15, 0.2) is 30.3 Å². The fourth-order valence-corrected chi connectivity index (χ4v) is 2.93. The van der Waals surface area contributed by atoms with Gasteiger partial charge in [-0.15, -0.1) is 5.10 Å². The quantitative estimate of drug-likeness (QED) is 0.657. The maximum Gasteiger partial charge on any atom is 0.245 e. The lowest BCUT2D eigenvalue weighted by atomic mass is 10.0. The molecule has 1 aliphatic heterocycles. The molecule has 24 heavy (non-hydrogen) atoms. The highest BCUT2D eigenvalue weighted by Crippen LogP contribution is 2.15. The van der Waals surface area contributed by atoms with E-state index in [1.807, 2.05) is 30.3 Å². The Bertz CT molecular complexity index is 674. The predicted molar refractivity (Wildman–Crippen MR) is 87.1 cm³/mol. The first-order chi connectivity index (χ1) is 11.6. The van der Waals surface area contributed by atoms with Gasteiger partial charge >= 0.3 is 0 Å². The minimum absolute atomic E-state index is 0.0290. The highest BCUT2D eigenvalue weighted by Gasteiger charge is 2.28. The largest absolute Gasteiger partial charge is 0.391 e. The van der Waals surface area contributed by atoms with Crippen molar-refractivity contribution < 1.29 is 9.90 Å². The first-order valence-corrected chi connectivity index (χ1v) is 8.10. The van der Waals surface area contributed by atoms with Gasteiger partial charge in [0.1, 0.15) is 11.9 Å². The number of benzene rings is 1. The van der Waals surface area contributed by atoms with Gasteiger partial charge in [-0.1, -0.05) is 30.3 Å². The third-order valence-corrected chi connectivity index (χ3v) is 4.37. The molecule has 1 aromatic carbocycles. The molecule has 1 saturated heterocycles. The molecule has 0 radical (unpaired) electrons. The van der Waals surface area contributed by atoms with Crippen LogP contribution in [0.2, 0.25) is 0 Å². The fourth-order valence-electron chi connectivity index (χ4n) is 2.93. The van der Waals surface area contributed by atoms with Crippen LogP contribution in [-0.2, 0) is 11.2 Å². The zero-order valence-electron chi connectivity index (χ0n) is 13.6. The van der Waals surface area contributed by atoms with Gasteiger partial charge in [-0.3, -0.25) is 4.79 Å². The molecule has 0 aliphatic carbocycles. The van der Waals surface area contributed by atoms with E-state index < -0.39 is 12.1 Å². The number of hydrogen-bond donors (Lipinski definition) is 3. The van der Waals surface area contributed by atoms with E-state index in [1.54, 1.807) is 11.6 Å². The van der Waals surface area contributed by atoms with Gasteiger partial charge in [0, 0.05) is 32.0 Å². The van der Waals surface area contributed by atoms with Gasteiger partial charge in [0.25, 0.3) is 0 Å². The van der Waals surface area contributed by atoms with Crippen molar-refractivity contribution in [2.45, 2.75) is 25.5 Å². The molecule has 3 atom stereocenters. The molecule has 1 aromatic heterocycles. The predicted octanol–water partition coefficient (Wildman–Crippen LogP) is -0.538. The highest BCUT2D eigenvalue weighted by molar-refractivity contribution is 5.80. The van der Waals surface area contributed by atoms with Gasteiger partial charge in [0.2, 0.25) is 5.91 Å². The zero-order chi connectivity index (χ0) is 16.9. The number of aromatic nitrogens is 4. The average molecular weight is 330 g/mol. The Kier molecular flexibility index (Phi) is 5.17. The second-order valence-electron chi connectivity index (χ2n) is 6.11. The number of carbonyl (C=O) groups excluding carboxylic acids is 1. The van der Waals surface area contributed by atoms with E-state index in [0.29, 0.717) is 31.9 Å². The molecule has 2 aromatic rings. The Balaban J connectivity index is 1.71. The van der Waals surface area contributed by atoms with Crippen LogP contribution in [0, 0.1) is 12.8 Å². The van der Waals surface area contributed by atoms with Gasteiger partial charge in [-0.2, -0.15) is 0 Å². The topological polar surface area (TPSA) is 105 Å². The Morgan fingerprint density at radius 1 is 1.42 bits per heavy atom. The van der Waals surface area contributed by atoms with Crippen LogP contribution in [0.1, 0.15) is 17.4 Å². The lowest BCUT2D eigenvalue weighted by Gasteiger charge is -2.20. The number of aryl methyl sites for hydroxylation is 1. The number of aliphatic hydroxyl groups excluding tert-OH is 1. The Labute approximate surface area is 140 Å². The van der Waals surface area contributed by atoms with Crippen molar-refractivity contribution >= 4 is 5.91 Å². The number of aliphatic hydroxyl groups is 1. The minimum atomic E-state index is -0.520. The van der Waals surface area contributed by atoms with Gasteiger partial charge in [-0.05, 0) is 22.9 Å². The highest BCUT2D eigenvalue weighted by atomic mass is 16.3. The van der Waals surface area contributed by atoms with E-state index in [9.17, 15) is 9.90 Å². The molecule has 0 spiro atoms. The number of amides is 1. The monoisotopic (exact) mass is 330 g/mol. The summed E-state index contributed by atoms with van der Waals surface area (Å²) in [7, 11) is 0. The van der Waals surface area contributed by atoms with Crippen molar-refractivity contribution in [2.75, 3.05) is 19.6 Å². The summed E-state index contributed by atoms with van der Waals surface area (Å²) in [5.74, 6) is 0.475. The molecule has 1 aliphatic rings. The number of nitrogens with one attached hydrogen (secondary N) is 2. The number of rotatable bonds is 6. The Morgan fingerprint density at radius 3 is 2.83 bits per heavy atom. The smallest absolute Gasteiger partial charge is 0.245 e. The molecule has 0 saturated carbocycles. The van der Waals surface area contributed by atoms with Gasteiger partial charge < -0.3 is 15.7 Å². The van der Waals surface area contributed by atoms with Gasteiger partial charge in [0.15, 0.2) is 0 Å². The van der Waals surface area contributed by atoms with Crippen LogP contribution in [0.5, 0.6) is 0 Å². The van der Waals surface area contributed by atoms with Crippen molar-refractivity contribution in [3.8, 4) is 0 Å². The molecule has 128 valence electrons. The van der Waals surface area contributed by atoms with Crippen LogP contribution < -0.4 is 10.6 Å². The third-order valence-electron chi connectivity index (χ3n) is 4.37. The van der Waals surface area contributed by atoms with E-state index in [-0.39, 0.29) is 11.8 Å².